The van der Waals surface area contributed by atoms with E-state index in [2.05, 4.69) is 20.4 Å². The summed E-state index contributed by atoms with van der Waals surface area (Å²) in [5, 5.41) is 20.1. The van der Waals surface area contributed by atoms with Crippen molar-refractivity contribution < 1.29 is 14.2 Å². The van der Waals surface area contributed by atoms with Crippen molar-refractivity contribution in [1.82, 2.24) is 15.1 Å². The molecule has 9 nitrogen and oxygen atoms in total. The van der Waals surface area contributed by atoms with Crippen molar-refractivity contribution in [3.63, 3.8) is 0 Å². The quantitative estimate of drug-likeness (QED) is 0.410. The maximum Gasteiger partial charge on any atom is 0.373 e. The molecule has 0 saturated carbocycles. The van der Waals surface area contributed by atoms with Crippen molar-refractivity contribution in [2.45, 2.75) is 6.92 Å². The lowest BCUT2D eigenvalue weighted by Gasteiger charge is -2.08. The second-order valence-electron chi connectivity index (χ2n) is 5.69. The third-order valence-electron chi connectivity index (χ3n) is 3.78. The summed E-state index contributed by atoms with van der Waals surface area (Å²) in [5.41, 5.74) is -0.397. The molecular weight excluding hydrogens is 350 g/mol. The first-order chi connectivity index (χ1) is 13.1. The number of hydrogen-bond donors (Lipinski definition) is 1. The molecule has 27 heavy (non-hydrogen) atoms. The number of rotatable bonds is 5. The summed E-state index contributed by atoms with van der Waals surface area (Å²) in [7, 11) is 0. The lowest BCUT2D eigenvalue weighted by Crippen LogP contribution is -2.03. The molecule has 2 aromatic carbocycles. The SMILES string of the molecule is Cc1cc(Nc2ncnc(Oc3ccc4ccccc4c3)c2[N+](=O)[O-])no1. The topological polar surface area (TPSA) is 116 Å². The predicted octanol–water partition coefficient (Wildman–Crippen LogP) is 4.37. The molecule has 0 atom stereocenters. The van der Waals surface area contributed by atoms with Gasteiger partial charge in [0.1, 0.15) is 17.8 Å². The highest BCUT2D eigenvalue weighted by Gasteiger charge is 2.26. The van der Waals surface area contributed by atoms with Gasteiger partial charge in [0.15, 0.2) is 5.82 Å². The zero-order chi connectivity index (χ0) is 18.8. The first-order valence-electron chi connectivity index (χ1n) is 7.96. The van der Waals surface area contributed by atoms with Gasteiger partial charge in [-0.2, -0.15) is 4.98 Å². The van der Waals surface area contributed by atoms with Gasteiger partial charge in [-0.3, -0.25) is 10.1 Å². The molecule has 0 saturated heterocycles. The van der Waals surface area contributed by atoms with Crippen molar-refractivity contribution in [1.29, 1.82) is 0 Å². The Morgan fingerprint density at radius 1 is 1.11 bits per heavy atom. The van der Waals surface area contributed by atoms with Gasteiger partial charge in [-0.25, -0.2) is 4.98 Å². The molecule has 0 aliphatic carbocycles. The summed E-state index contributed by atoms with van der Waals surface area (Å²) in [4.78, 5) is 18.9. The molecule has 9 heteroatoms. The van der Waals surface area contributed by atoms with E-state index in [0.29, 0.717) is 17.3 Å². The fourth-order valence-corrected chi connectivity index (χ4v) is 2.58. The molecule has 4 rings (SSSR count). The Balaban J connectivity index is 1.70. The summed E-state index contributed by atoms with van der Waals surface area (Å²) >= 11 is 0. The second kappa shape index (κ2) is 6.71. The van der Waals surface area contributed by atoms with Crippen LogP contribution in [0.5, 0.6) is 11.6 Å². The molecule has 0 fully saturated rings. The zero-order valence-electron chi connectivity index (χ0n) is 14.1. The number of hydrogen-bond acceptors (Lipinski definition) is 8. The Bertz CT molecular complexity index is 1140. The number of anilines is 2. The number of aryl methyl sites for hydroxylation is 1. The average Bonchev–Trinajstić information content (AvgIpc) is 3.06. The predicted molar refractivity (Wildman–Crippen MR) is 97.2 cm³/mol. The molecule has 1 N–H and O–H groups in total. The van der Waals surface area contributed by atoms with E-state index in [0.717, 1.165) is 10.8 Å². The molecular formula is C18H13N5O4. The average molecular weight is 363 g/mol. The maximum absolute atomic E-state index is 11.6. The minimum absolute atomic E-state index is 0.0425. The first-order valence-corrected chi connectivity index (χ1v) is 7.96. The van der Waals surface area contributed by atoms with Crippen LogP contribution in [0.25, 0.3) is 10.8 Å². The number of nitrogens with one attached hydrogen (secondary N) is 1. The lowest BCUT2D eigenvalue weighted by molar-refractivity contribution is -0.385. The van der Waals surface area contributed by atoms with Gasteiger partial charge in [0.25, 0.3) is 0 Å². The van der Waals surface area contributed by atoms with E-state index in [1.807, 2.05) is 30.3 Å². The Labute approximate surface area is 152 Å². The van der Waals surface area contributed by atoms with E-state index in [9.17, 15) is 10.1 Å². The van der Waals surface area contributed by atoms with Crippen LogP contribution in [0.2, 0.25) is 0 Å². The molecule has 0 aliphatic heterocycles. The van der Waals surface area contributed by atoms with Crippen LogP contribution >= 0.6 is 0 Å². The van der Waals surface area contributed by atoms with Crippen LogP contribution in [0, 0.1) is 17.0 Å². The summed E-state index contributed by atoms with van der Waals surface area (Å²) in [6.45, 7) is 1.71. The molecule has 2 aromatic heterocycles. The van der Waals surface area contributed by atoms with Gasteiger partial charge in [-0.15, -0.1) is 0 Å². The van der Waals surface area contributed by atoms with Gasteiger partial charge >= 0.3 is 11.6 Å². The minimum Gasteiger partial charge on any atom is -0.434 e. The van der Waals surface area contributed by atoms with E-state index >= 15 is 0 Å². The van der Waals surface area contributed by atoms with Gasteiger partial charge in [0.05, 0.1) is 4.92 Å². The fraction of sp³-hybridized carbons (Fsp3) is 0.0556. The molecule has 4 aromatic rings. The van der Waals surface area contributed by atoms with Crippen LogP contribution in [-0.4, -0.2) is 20.0 Å². The third kappa shape index (κ3) is 3.38. The Hall–Kier alpha value is -4.01. The second-order valence-corrected chi connectivity index (χ2v) is 5.69. The molecule has 134 valence electrons. The fourth-order valence-electron chi connectivity index (χ4n) is 2.58. The summed E-state index contributed by atoms with van der Waals surface area (Å²) < 4.78 is 10.6. The van der Waals surface area contributed by atoms with Crippen molar-refractivity contribution in [2.24, 2.45) is 0 Å². The van der Waals surface area contributed by atoms with Crippen molar-refractivity contribution in [3.8, 4) is 11.6 Å². The van der Waals surface area contributed by atoms with Gasteiger partial charge < -0.3 is 14.6 Å². The van der Waals surface area contributed by atoms with Gasteiger partial charge in [0.2, 0.25) is 5.82 Å². The molecule has 2 heterocycles. The van der Waals surface area contributed by atoms with Gasteiger partial charge in [-0.05, 0) is 29.8 Å². The summed E-state index contributed by atoms with van der Waals surface area (Å²) in [6, 6.07) is 14.7. The van der Waals surface area contributed by atoms with Crippen LogP contribution in [-0.2, 0) is 0 Å². The van der Waals surface area contributed by atoms with Crippen LogP contribution in [0.15, 0.2) is 59.4 Å². The van der Waals surface area contributed by atoms with E-state index in [4.69, 9.17) is 9.26 Å². The molecule has 0 bridgehead atoms. The van der Waals surface area contributed by atoms with Crippen LogP contribution < -0.4 is 10.1 Å². The van der Waals surface area contributed by atoms with E-state index in [1.165, 1.54) is 6.33 Å². The first kappa shape index (κ1) is 16.5. The van der Waals surface area contributed by atoms with Crippen molar-refractivity contribution in [3.05, 3.63) is 70.7 Å². The number of benzene rings is 2. The number of nitrogens with zero attached hydrogens (tertiary/aromatic N) is 4. The van der Waals surface area contributed by atoms with Gasteiger partial charge in [-0.1, -0.05) is 35.5 Å². The number of ether oxygens (including phenoxy) is 1. The lowest BCUT2D eigenvalue weighted by atomic mass is 10.1. The smallest absolute Gasteiger partial charge is 0.373 e. The summed E-state index contributed by atoms with van der Waals surface area (Å²) in [6.07, 6.45) is 1.18. The molecule has 0 unspecified atom stereocenters. The largest absolute Gasteiger partial charge is 0.434 e. The minimum atomic E-state index is -0.606. The van der Waals surface area contributed by atoms with E-state index in [1.54, 1.807) is 25.1 Å². The third-order valence-corrected chi connectivity index (χ3v) is 3.78. The van der Waals surface area contributed by atoms with Crippen LogP contribution in [0.4, 0.5) is 17.3 Å². The zero-order valence-corrected chi connectivity index (χ0v) is 14.1. The number of fused-ring (bicyclic) bond motifs is 1. The molecule has 0 spiro atoms. The van der Waals surface area contributed by atoms with Crippen molar-refractivity contribution in [2.75, 3.05) is 5.32 Å². The molecule has 0 amide bonds. The highest BCUT2D eigenvalue weighted by atomic mass is 16.6. The number of aromatic nitrogens is 3. The normalized spacial score (nSPS) is 10.7. The van der Waals surface area contributed by atoms with Gasteiger partial charge in [0, 0.05) is 6.07 Å². The Kier molecular flexibility index (Phi) is 4.09. The van der Waals surface area contributed by atoms with Crippen LogP contribution in [0.3, 0.4) is 0 Å². The van der Waals surface area contributed by atoms with Crippen molar-refractivity contribution >= 4 is 28.1 Å². The van der Waals surface area contributed by atoms with E-state index < -0.39 is 10.6 Å². The standard InChI is InChI=1S/C18H13N5O4/c1-11-8-15(22-27-11)21-17-16(23(24)25)18(20-10-19-17)26-14-7-6-12-4-2-3-5-13(12)9-14/h2-10H,1H3,(H,19,20,21,22). The molecule has 0 radical (unpaired) electrons. The monoisotopic (exact) mass is 363 g/mol. The maximum atomic E-state index is 11.6. The highest BCUT2D eigenvalue weighted by Crippen LogP contribution is 2.36. The summed E-state index contributed by atoms with van der Waals surface area (Å²) in [5.74, 6) is 1.07. The number of nitro groups is 1. The Morgan fingerprint density at radius 2 is 1.93 bits per heavy atom. The molecule has 0 aliphatic rings. The highest BCUT2D eigenvalue weighted by molar-refractivity contribution is 5.83. The van der Waals surface area contributed by atoms with E-state index in [-0.39, 0.29) is 11.7 Å². The Morgan fingerprint density at radius 3 is 2.67 bits per heavy atom. The van der Waals surface area contributed by atoms with Crippen LogP contribution in [0.1, 0.15) is 5.76 Å².